The molecule has 0 radical (unpaired) electrons. The number of carboxylic acids is 2. The highest BCUT2D eigenvalue weighted by atomic mass is 35.5. The lowest BCUT2D eigenvalue weighted by Crippen LogP contribution is -2.57. The number of ether oxygens (including phenoxy) is 5. The van der Waals surface area contributed by atoms with Crippen LogP contribution < -0.4 is 61.7 Å². The second kappa shape index (κ2) is 40.1. The van der Waals surface area contributed by atoms with Crippen molar-refractivity contribution in [1.82, 2.24) is 51.4 Å². The van der Waals surface area contributed by atoms with Gasteiger partial charge in [0, 0.05) is 71.9 Å². The number of rotatable bonds is 35. The van der Waals surface area contributed by atoms with Crippen LogP contribution in [0.2, 0.25) is 5.02 Å². The van der Waals surface area contributed by atoms with Crippen LogP contribution in [0.3, 0.4) is 0 Å². The minimum absolute atomic E-state index is 0.0205. The number of anilines is 1. The van der Waals surface area contributed by atoms with Crippen molar-refractivity contribution in [2.75, 3.05) is 92.1 Å². The van der Waals surface area contributed by atoms with Crippen LogP contribution in [0.15, 0.2) is 127 Å². The molecule has 0 saturated carbocycles. The normalized spacial score (nSPS) is 13.4. The number of carbonyl (C=O) groups excluding carboxylic acids is 6. The number of quaternary nitrogens is 1. The molecule has 5 aromatic carbocycles. The summed E-state index contributed by atoms with van der Waals surface area (Å²) in [6.45, 7) is 10.0. The molecule has 1 aliphatic rings. The predicted molar refractivity (Wildman–Crippen MR) is 398 cm³/mol. The zero-order valence-electron chi connectivity index (χ0n) is 60.8. The number of nitrogens with one attached hydrogen (secondary N) is 6. The quantitative estimate of drug-likeness (QED) is 0.00460. The lowest BCUT2D eigenvalue weighted by atomic mass is 9.96. The number of urea groups is 1. The highest BCUT2D eigenvalue weighted by Gasteiger charge is 2.34. The third-order valence-electron chi connectivity index (χ3n) is 17.5. The third kappa shape index (κ3) is 24.0. The number of methoxy groups -OCH3 is 1. The number of nitrogens with two attached hydrogens (primary N) is 1. The van der Waals surface area contributed by atoms with Gasteiger partial charge in [0.1, 0.15) is 78.6 Å². The Morgan fingerprint density at radius 2 is 1.58 bits per heavy atom. The van der Waals surface area contributed by atoms with Crippen molar-refractivity contribution in [2.24, 2.45) is 16.8 Å². The van der Waals surface area contributed by atoms with Crippen LogP contribution in [-0.4, -0.2) is 187 Å². The standard InChI is InChI=1S/C72H82ClFN16O12S.C2HF3O2/c1-43(2)63(87-59(91)39-80-72(97)100-34-28-83-88-76)67(93)86-54(14-11-26-79-71(75)96)66(92)85-50-22-19-47(48(36-50)38-77-4)40-90(5)32-29-89(30-33-90)31-35-99-57-24-23-52(44(3)62(57)73)60-61-68(81-42-82-69(61)103-64(60)45-17-20-49(74)21-18-45)102-58(70(94)95)37-46-12-7-9-15-55(46)101-41-51-25-27-78-65(84-51)53-13-8-10-16-56(53)98-6;3-2(4,5)1(6)7/h7-10,12-13,15-25,27,36,42-43,54,58,63,77H,11,14,26,28-35,37-41H2,1-6H3,(H7-,75,79,80,85,86,87,91,92,93,94,95,96,97);(H,6,7)/t54-,58+,63-;/m0./s1. The van der Waals surface area contributed by atoms with Crippen molar-refractivity contribution in [2.45, 2.75) is 84.1 Å². The number of fused-ring (bicyclic) bond motifs is 1. The molecule has 1 aliphatic heterocycles. The zero-order valence-corrected chi connectivity index (χ0v) is 62.4. The van der Waals surface area contributed by atoms with Gasteiger partial charge in [-0.3, -0.25) is 19.3 Å². The molecule has 1 fully saturated rings. The summed E-state index contributed by atoms with van der Waals surface area (Å²) in [6.07, 6.45) is -4.35. The van der Waals surface area contributed by atoms with Gasteiger partial charge in [0.25, 0.3) is 0 Å². The van der Waals surface area contributed by atoms with Gasteiger partial charge in [-0.2, -0.15) is 13.2 Å². The van der Waals surface area contributed by atoms with Crippen molar-refractivity contribution >= 4 is 80.6 Å². The Hall–Kier alpha value is -11.5. The highest BCUT2D eigenvalue weighted by molar-refractivity contribution is 7.22. The molecule has 4 heterocycles. The number of thiophene rings is 1. The first-order valence-electron chi connectivity index (χ1n) is 34.6. The van der Waals surface area contributed by atoms with Crippen molar-refractivity contribution < 1.29 is 89.5 Å². The van der Waals surface area contributed by atoms with E-state index >= 15 is 0 Å². The Kier molecular flexibility index (Phi) is 30.7. The average molecular weight is 1560 g/mol. The number of aromatic nitrogens is 4. The zero-order chi connectivity index (χ0) is 79.7. The summed E-state index contributed by atoms with van der Waals surface area (Å²) in [5.74, 6) is -5.00. The Morgan fingerprint density at radius 3 is 2.26 bits per heavy atom. The van der Waals surface area contributed by atoms with Crippen LogP contribution >= 0.6 is 22.9 Å². The van der Waals surface area contributed by atoms with Crippen LogP contribution in [0.25, 0.3) is 53.6 Å². The maximum Gasteiger partial charge on any atom is 0.430 e. The van der Waals surface area contributed by atoms with Crippen molar-refractivity contribution in [1.29, 1.82) is 0 Å². The number of likely N-dealkylation sites (N-methyl/N-ethyl adjacent to an activating group) is 1. The lowest BCUT2D eigenvalue weighted by Gasteiger charge is -2.42. The largest absolute Gasteiger partial charge is 0.542 e. The minimum Gasteiger partial charge on any atom is -0.542 e. The first-order valence-corrected chi connectivity index (χ1v) is 35.8. The molecular formula is C74H83ClF4N16O14S. The van der Waals surface area contributed by atoms with Crippen molar-refractivity contribution in [3.05, 3.63) is 171 Å². The molecule has 110 heavy (non-hydrogen) atoms. The van der Waals surface area contributed by atoms with Gasteiger partial charge in [0.15, 0.2) is 5.82 Å². The van der Waals surface area contributed by atoms with E-state index in [2.05, 4.69) is 68.8 Å². The summed E-state index contributed by atoms with van der Waals surface area (Å²) in [7, 11) is 5.63. The Balaban J connectivity index is 0.00000207. The van der Waals surface area contributed by atoms with Gasteiger partial charge in [-0.05, 0) is 121 Å². The maximum atomic E-state index is 14.5. The molecule has 3 atom stereocenters. The number of benzene rings is 5. The Bertz CT molecular complexity index is 4610. The number of hydrogen-bond donors (Lipinski definition) is 8. The molecule has 0 aliphatic carbocycles. The molecule has 9 rings (SSSR count). The second-order valence-electron chi connectivity index (χ2n) is 25.8. The van der Waals surface area contributed by atoms with Crippen molar-refractivity contribution in [3.8, 4) is 56.1 Å². The summed E-state index contributed by atoms with van der Waals surface area (Å²) in [6, 6.07) is 28.8. The highest BCUT2D eigenvalue weighted by Crippen LogP contribution is 2.50. The summed E-state index contributed by atoms with van der Waals surface area (Å²) in [5, 5.41) is 40.0. The number of hydrogen-bond acceptors (Lipinski definition) is 21. The van der Waals surface area contributed by atoms with Gasteiger partial charge in [0.05, 0.1) is 62.1 Å². The second-order valence-corrected chi connectivity index (χ2v) is 27.1. The first kappa shape index (κ1) is 84.1. The molecule has 0 bridgehead atoms. The summed E-state index contributed by atoms with van der Waals surface area (Å²) < 4.78 is 76.4. The average Bonchev–Trinajstić information content (AvgIpc) is 1.58. The first-order chi connectivity index (χ1) is 52.6. The van der Waals surface area contributed by atoms with Gasteiger partial charge >= 0.3 is 24.3 Å². The fraction of sp³-hybridized carbons (Fsp3) is 0.365. The van der Waals surface area contributed by atoms with E-state index in [1.54, 1.807) is 75.7 Å². The van der Waals surface area contributed by atoms with E-state index in [9.17, 15) is 51.4 Å². The Labute approximate surface area is 638 Å². The number of alkyl carbamates (subject to hydrolysis) is 1. The van der Waals surface area contributed by atoms with Crippen LogP contribution in [0.5, 0.6) is 23.1 Å². The summed E-state index contributed by atoms with van der Waals surface area (Å²) >= 11 is 8.59. The molecule has 9 N–H and O–H groups in total. The van der Waals surface area contributed by atoms with E-state index in [0.717, 1.165) is 41.8 Å². The smallest absolute Gasteiger partial charge is 0.430 e. The molecule has 30 nitrogen and oxygen atoms in total. The predicted octanol–water partition coefficient (Wildman–Crippen LogP) is 8.65. The number of aliphatic carboxylic acids is 2. The third-order valence-corrected chi connectivity index (χ3v) is 19.1. The lowest BCUT2D eigenvalue weighted by molar-refractivity contribution is -0.926. The fourth-order valence-electron chi connectivity index (χ4n) is 11.8. The molecule has 0 spiro atoms. The monoisotopic (exact) mass is 1560 g/mol. The van der Waals surface area contributed by atoms with Gasteiger partial charge in [-0.25, -0.2) is 38.7 Å². The summed E-state index contributed by atoms with van der Waals surface area (Å²) in [4.78, 5) is 111. The van der Waals surface area contributed by atoms with E-state index in [0.29, 0.717) is 114 Å². The molecule has 584 valence electrons. The van der Waals surface area contributed by atoms with Crippen LogP contribution in [-0.2, 0) is 54.8 Å². The van der Waals surface area contributed by atoms with Crippen LogP contribution in [0.4, 0.5) is 32.8 Å². The number of amides is 6. The number of carboxylic acid groups (broad SMARTS) is 2. The molecule has 36 heteroatoms. The molecule has 3 aromatic heterocycles. The van der Waals surface area contributed by atoms with Gasteiger partial charge in [-0.1, -0.05) is 85.2 Å². The number of nitrogens with zero attached hydrogens (tertiary/aromatic N) is 9. The minimum atomic E-state index is -5.19. The number of azide groups is 1. The number of primary amides is 1. The number of para-hydroxylation sites is 2. The number of piperazine rings is 1. The van der Waals surface area contributed by atoms with Crippen molar-refractivity contribution in [3.63, 3.8) is 0 Å². The van der Waals surface area contributed by atoms with E-state index < -0.39 is 84.4 Å². The number of carbonyl (C=O) groups is 7. The molecule has 6 amide bonds. The topological polar surface area (TPSA) is 411 Å². The molecular weight excluding hydrogens is 1480 g/mol. The van der Waals surface area contributed by atoms with Crippen LogP contribution in [0.1, 0.15) is 54.6 Å². The Morgan fingerprint density at radius 1 is 0.864 bits per heavy atom. The molecule has 0 unspecified atom stereocenters. The van der Waals surface area contributed by atoms with E-state index in [1.165, 1.54) is 29.8 Å². The van der Waals surface area contributed by atoms with E-state index in [1.807, 2.05) is 62.5 Å². The fourth-order valence-corrected chi connectivity index (χ4v) is 13.1. The van der Waals surface area contributed by atoms with Gasteiger partial charge in [0.2, 0.25) is 29.7 Å². The molecule has 1 saturated heterocycles. The number of alkyl halides is 3. The van der Waals surface area contributed by atoms with Gasteiger partial charge < -0.3 is 80.8 Å². The SMILES string of the molecule is CNCc1cc(NC(=O)[C@H](CCCNC(N)=O)NC(=O)[C@@H](NC(=O)CNC(=O)OCCN=[N+]=[N-])C(C)C)ccc1C[N+]1(C)CCN(CCOc2ccc(-c3c(-c4ccc(F)cc4)sc4ncnc(O[C@H](Cc5ccccc5OCc5ccnc(-c6ccccc6OC)n5)C(=O)O)c34)c(C)c2Cl)CC1.O=C([O-])C(F)(F)F. The van der Waals surface area contributed by atoms with Gasteiger partial charge in [-0.15, -0.1) is 11.3 Å². The van der Waals surface area contributed by atoms with E-state index in [4.69, 9.17) is 61.4 Å². The van der Waals surface area contributed by atoms with Crippen LogP contribution in [0, 0.1) is 18.7 Å². The number of halogens is 5. The maximum absolute atomic E-state index is 14.5. The molecule has 8 aromatic rings. The summed E-state index contributed by atoms with van der Waals surface area (Å²) in [5.41, 5.74) is 20.7. The van der Waals surface area contributed by atoms with E-state index in [-0.39, 0.29) is 51.4 Å².